The molecule has 0 saturated heterocycles. The minimum Gasteiger partial charge on any atom is -0.307 e. The fraction of sp³-hybridized carbons (Fsp3) is 0.235. The van der Waals surface area contributed by atoms with Crippen molar-refractivity contribution in [2.75, 3.05) is 5.32 Å². The fourth-order valence-electron chi connectivity index (χ4n) is 2.78. The van der Waals surface area contributed by atoms with E-state index in [1.165, 1.54) is 0 Å². The summed E-state index contributed by atoms with van der Waals surface area (Å²) in [5, 5.41) is 15.6. The number of halogens is 1. The van der Waals surface area contributed by atoms with Gasteiger partial charge in [0.25, 0.3) is 5.91 Å². The van der Waals surface area contributed by atoms with Crippen LogP contribution in [0.1, 0.15) is 23.1 Å². The van der Waals surface area contributed by atoms with Crippen LogP contribution in [-0.4, -0.2) is 31.5 Å². The molecule has 0 aliphatic carbocycles. The lowest BCUT2D eigenvalue weighted by atomic mass is 10.2. The smallest absolute Gasteiger partial charge is 0.277 e. The van der Waals surface area contributed by atoms with Crippen molar-refractivity contribution >= 4 is 23.3 Å². The van der Waals surface area contributed by atoms with Crippen LogP contribution in [0.3, 0.4) is 0 Å². The summed E-state index contributed by atoms with van der Waals surface area (Å²) < 4.78 is 3.55. The molecule has 2 aromatic heterocycles. The average molecular weight is 357 g/mol. The minimum atomic E-state index is -0.268. The predicted molar refractivity (Wildman–Crippen MR) is 95.1 cm³/mol. The van der Waals surface area contributed by atoms with Crippen molar-refractivity contribution in [2.24, 2.45) is 0 Å². The zero-order valence-corrected chi connectivity index (χ0v) is 14.4. The number of anilines is 1. The van der Waals surface area contributed by atoms with Crippen LogP contribution in [-0.2, 0) is 13.1 Å². The van der Waals surface area contributed by atoms with Crippen molar-refractivity contribution < 1.29 is 4.79 Å². The van der Waals surface area contributed by atoms with Gasteiger partial charge in [0, 0.05) is 29.9 Å². The summed E-state index contributed by atoms with van der Waals surface area (Å²) in [5.41, 5.74) is 2.27. The standard InChI is InChI=1S/C17H17ClN6O/c1-11-10-24-14(9-19-11)8-15(21-24)17(25)20-16-6-7-23(22-16)13-4-2-12(18)3-5-13/h2-8,11,19H,9-10H2,1H3,(H,20,22,25). The maximum atomic E-state index is 12.4. The van der Waals surface area contributed by atoms with Gasteiger partial charge in [0.1, 0.15) is 0 Å². The molecule has 0 saturated carbocycles. The molecule has 1 unspecified atom stereocenters. The van der Waals surface area contributed by atoms with Crippen molar-refractivity contribution in [1.29, 1.82) is 0 Å². The third kappa shape index (κ3) is 3.29. The Balaban J connectivity index is 1.49. The summed E-state index contributed by atoms with van der Waals surface area (Å²) >= 11 is 5.89. The molecule has 3 aromatic rings. The van der Waals surface area contributed by atoms with Gasteiger partial charge in [-0.25, -0.2) is 4.68 Å². The van der Waals surface area contributed by atoms with Crippen molar-refractivity contribution in [3.8, 4) is 5.69 Å². The first kappa shape index (κ1) is 15.9. The Morgan fingerprint density at radius 1 is 1.28 bits per heavy atom. The first-order valence-electron chi connectivity index (χ1n) is 8.01. The SMILES string of the molecule is CC1Cn2nc(C(=O)Nc3ccn(-c4ccc(Cl)cc4)n3)cc2CN1. The van der Waals surface area contributed by atoms with E-state index in [9.17, 15) is 4.79 Å². The zero-order chi connectivity index (χ0) is 17.4. The highest BCUT2D eigenvalue weighted by Crippen LogP contribution is 2.16. The highest BCUT2D eigenvalue weighted by molar-refractivity contribution is 6.30. The Kier molecular flexibility index (Phi) is 4.03. The second-order valence-corrected chi connectivity index (χ2v) is 6.50. The quantitative estimate of drug-likeness (QED) is 0.755. The van der Waals surface area contributed by atoms with Crippen LogP contribution < -0.4 is 10.6 Å². The topological polar surface area (TPSA) is 76.8 Å². The van der Waals surface area contributed by atoms with Crippen molar-refractivity contribution in [3.63, 3.8) is 0 Å². The van der Waals surface area contributed by atoms with Crippen LogP contribution in [0, 0.1) is 0 Å². The summed E-state index contributed by atoms with van der Waals surface area (Å²) in [6.07, 6.45) is 1.78. The first-order valence-corrected chi connectivity index (χ1v) is 8.39. The Bertz CT molecular complexity index is 914. The monoisotopic (exact) mass is 356 g/mol. The number of nitrogens with zero attached hydrogens (tertiary/aromatic N) is 4. The first-order chi connectivity index (χ1) is 12.1. The Morgan fingerprint density at radius 3 is 2.88 bits per heavy atom. The van der Waals surface area contributed by atoms with Gasteiger partial charge in [-0.15, -0.1) is 0 Å². The molecular formula is C17H17ClN6O. The molecule has 1 atom stereocenters. The van der Waals surface area contributed by atoms with Crippen molar-refractivity contribution in [3.05, 3.63) is 59.0 Å². The van der Waals surface area contributed by atoms with Crippen molar-refractivity contribution in [2.45, 2.75) is 26.1 Å². The second kappa shape index (κ2) is 6.34. The van der Waals surface area contributed by atoms with Crippen LogP contribution >= 0.6 is 11.6 Å². The van der Waals surface area contributed by atoms with E-state index >= 15 is 0 Å². The number of nitrogens with one attached hydrogen (secondary N) is 2. The molecule has 0 radical (unpaired) electrons. The number of carbonyl (C=O) groups excluding carboxylic acids is 1. The lowest BCUT2D eigenvalue weighted by Crippen LogP contribution is -2.36. The van der Waals surface area contributed by atoms with Gasteiger partial charge in [-0.05, 0) is 37.3 Å². The number of benzene rings is 1. The van der Waals surface area contributed by atoms with Crippen LogP contribution in [0.15, 0.2) is 42.6 Å². The van der Waals surface area contributed by atoms with E-state index < -0.39 is 0 Å². The van der Waals surface area contributed by atoms with Gasteiger partial charge in [-0.3, -0.25) is 9.48 Å². The third-order valence-corrected chi connectivity index (χ3v) is 4.35. The number of hydrogen-bond donors (Lipinski definition) is 2. The van der Waals surface area contributed by atoms with E-state index in [4.69, 9.17) is 11.6 Å². The second-order valence-electron chi connectivity index (χ2n) is 6.06. The van der Waals surface area contributed by atoms with Gasteiger partial charge in [0.15, 0.2) is 11.5 Å². The number of carbonyl (C=O) groups is 1. The minimum absolute atomic E-state index is 0.268. The molecule has 4 rings (SSSR count). The van der Waals surface area contributed by atoms with Gasteiger partial charge in [-0.1, -0.05) is 11.6 Å². The van der Waals surface area contributed by atoms with E-state index in [-0.39, 0.29) is 5.91 Å². The highest BCUT2D eigenvalue weighted by Gasteiger charge is 2.20. The van der Waals surface area contributed by atoms with E-state index in [0.717, 1.165) is 17.9 Å². The van der Waals surface area contributed by atoms with Crippen LogP contribution in [0.5, 0.6) is 0 Å². The highest BCUT2D eigenvalue weighted by atomic mass is 35.5. The van der Waals surface area contributed by atoms with Crippen LogP contribution in [0.4, 0.5) is 5.82 Å². The van der Waals surface area contributed by atoms with Gasteiger partial charge in [0.2, 0.25) is 0 Å². The maximum Gasteiger partial charge on any atom is 0.277 e. The third-order valence-electron chi connectivity index (χ3n) is 4.10. The summed E-state index contributed by atoms with van der Waals surface area (Å²) in [4.78, 5) is 12.4. The van der Waals surface area contributed by atoms with E-state index in [1.54, 1.807) is 29.1 Å². The summed E-state index contributed by atoms with van der Waals surface area (Å²) in [6.45, 7) is 3.56. The normalized spacial score (nSPS) is 16.5. The zero-order valence-electron chi connectivity index (χ0n) is 13.6. The Morgan fingerprint density at radius 2 is 2.08 bits per heavy atom. The molecule has 1 aromatic carbocycles. The molecule has 2 N–H and O–H groups in total. The van der Waals surface area contributed by atoms with E-state index in [1.807, 2.05) is 22.9 Å². The lowest BCUT2D eigenvalue weighted by Gasteiger charge is -2.21. The molecule has 1 aliphatic rings. The summed E-state index contributed by atoms with van der Waals surface area (Å²) in [7, 11) is 0. The van der Waals surface area contributed by atoms with Crippen LogP contribution in [0.2, 0.25) is 5.02 Å². The summed E-state index contributed by atoms with van der Waals surface area (Å²) in [6, 6.07) is 11.2. The number of aromatic nitrogens is 4. The number of rotatable bonds is 3. The van der Waals surface area contributed by atoms with Crippen LogP contribution in [0.25, 0.3) is 5.69 Å². The fourth-order valence-corrected chi connectivity index (χ4v) is 2.90. The van der Waals surface area contributed by atoms with Gasteiger partial charge < -0.3 is 10.6 Å². The van der Waals surface area contributed by atoms with Gasteiger partial charge in [-0.2, -0.15) is 10.2 Å². The van der Waals surface area contributed by atoms with Gasteiger partial charge in [0.05, 0.1) is 17.9 Å². The molecule has 0 spiro atoms. The number of fused-ring (bicyclic) bond motifs is 1. The van der Waals surface area contributed by atoms with Crippen molar-refractivity contribution in [1.82, 2.24) is 24.9 Å². The molecule has 0 bridgehead atoms. The summed E-state index contributed by atoms with van der Waals surface area (Å²) in [5.74, 6) is 0.202. The molecule has 128 valence electrons. The predicted octanol–water partition coefficient (Wildman–Crippen LogP) is 2.47. The Hall–Kier alpha value is -2.64. The molecule has 0 fully saturated rings. The molecule has 1 amide bonds. The number of hydrogen-bond acceptors (Lipinski definition) is 4. The Labute approximate surface area is 149 Å². The lowest BCUT2D eigenvalue weighted by molar-refractivity contribution is 0.102. The molecule has 25 heavy (non-hydrogen) atoms. The van der Waals surface area contributed by atoms with E-state index in [2.05, 4.69) is 27.8 Å². The largest absolute Gasteiger partial charge is 0.307 e. The number of amides is 1. The maximum absolute atomic E-state index is 12.4. The molecule has 7 nitrogen and oxygen atoms in total. The molecular weight excluding hydrogens is 340 g/mol. The molecule has 1 aliphatic heterocycles. The molecule has 8 heteroatoms. The van der Waals surface area contributed by atoms with E-state index in [0.29, 0.717) is 29.1 Å². The molecule has 3 heterocycles. The average Bonchev–Trinajstić information content (AvgIpc) is 3.22. The van der Waals surface area contributed by atoms with Gasteiger partial charge >= 0.3 is 0 Å².